The van der Waals surface area contributed by atoms with E-state index in [9.17, 15) is 0 Å². The highest BCUT2D eigenvalue weighted by Crippen LogP contribution is 2.09. The molecular weight excluding hydrogens is 248 g/mol. The number of hydrogen-bond donors (Lipinski definition) is 0. The molecule has 0 atom stereocenters. The minimum atomic E-state index is -0.0246. The van der Waals surface area contributed by atoms with E-state index in [1.807, 2.05) is 0 Å². The van der Waals surface area contributed by atoms with E-state index in [4.69, 9.17) is 9.47 Å². The van der Waals surface area contributed by atoms with Gasteiger partial charge in [-0.15, -0.1) is 0 Å². The molecule has 0 radical (unpaired) electrons. The Labute approximate surface area is 126 Å². The molecule has 0 aliphatic heterocycles. The molecule has 2 nitrogen and oxygen atoms in total. The minimum Gasteiger partial charge on any atom is -0.356 e. The standard InChI is InChI=1S/C18H34O2/c1-4-5-6-7-8-9-10-11-12-13-14-15-16-17-18(19-2)20-3/h8-9,11-12,18H,4-7,10,13-17H2,1-3H3/b9-8-,12-11-. The van der Waals surface area contributed by atoms with Crippen LogP contribution in [0.5, 0.6) is 0 Å². The molecule has 0 amide bonds. The number of hydrogen-bond acceptors (Lipinski definition) is 2. The average Bonchev–Trinajstić information content (AvgIpc) is 2.48. The number of methoxy groups -OCH3 is 2. The Bertz CT molecular complexity index is 230. The van der Waals surface area contributed by atoms with Gasteiger partial charge < -0.3 is 9.47 Å². The zero-order valence-electron chi connectivity index (χ0n) is 13.8. The van der Waals surface area contributed by atoms with Crippen LogP contribution >= 0.6 is 0 Å². The normalized spacial score (nSPS) is 12.2. The quantitative estimate of drug-likeness (QED) is 0.233. The summed E-state index contributed by atoms with van der Waals surface area (Å²) in [5.41, 5.74) is 0. The van der Waals surface area contributed by atoms with Gasteiger partial charge in [-0.1, -0.05) is 50.5 Å². The highest BCUT2D eigenvalue weighted by atomic mass is 16.7. The minimum absolute atomic E-state index is 0.0246. The molecule has 20 heavy (non-hydrogen) atoms. The molecular formula is C18H34O2. The van der Waals surface area contributed by atoms with Gasteiger partial charge in [-0.25, -0.2) is 0 Å². The maximum atomic E-state index is 5.16. The molecule has 0 aliphatic rings. The van der Waals surface area contributed by atoms with Crippen molar-refractivity contribution in [2.24, 2.45) is 0 Å². The maximum Gasteiger partial charge on any atom is 0.156 e. The monoisotopic (exact) mass is 282 g/mol. The molecule has 0 saturated heterocycles. The Morgan fingerprint density at radius 3 is 1.90 bits per heavy atom. The van der Waals surface area contributed by atoms with Crippen LogP contribution in [0.4, 0.5) is 0 Å². The molecule has 0 aromatic rings. The van der Waals surface area contributed by atoms with E-state index in [0.717, 1.165) is 12.8 Å². The van der Waals surface area contributed by atoms with Crippen molar-refractivity contribution in [3.63, 3.8) is 0 Å². The number of rotatable bonds is 14. The van der Waals surface area contributed by atoms with Crippen LogP contribution in [0.25, 0.3) is 0 Å². The molecule has 0 rings (SSSR count). The molecule has 118 valence electrons. The van der Waals surface area contributed by atoms with E-state index in [2.05, 4.69) is 31.2 Å². The predicted octanol–water partition coefficient (Wildman–Crippen LogP) is 5.64. The molecule has 0 fully saturated rings. The molecule has 0 heterocycles. The summed E-state index contributed by atoms with van der Waals surface area (Å²) in [4.78, 5) is 0. The lowest BCUT2D eigenvalue weighted by atomic mass is 10.1. The van der Waals surface area contributed by atoms with Gasteiger partial charge in [0, 0.05) is 14.2 Å². The van der Waals surface area contributed by atoms with Crippen molar-refractivity contribution in [2.45, 2.75) is 77.4 Å². The second-order valence-electron chi connectivity index (χ2n) is 5.21. The molecule has 0 spiro atoms. The summed E-state index contributed by atoms with van der Waals surface area (Å²) in [6.07, 6.45) is 21.4. The molecule has 0 aromatic carbocycles. The Morgan fingerprint density at radius 1 is 0.750 bits per heavy atom. The van der Waals surface area contributed by atoms with Crippen molar-refractivity contribution in [3.8, 4) is 0 Å². The fourth-order valence-electron chi connectivity index (χ4n) is 2.10. The van der Waals surface area contributed by atoms with Crippen LogP contribution in [-0.2, 0) is 9.47 Å². The van der Waals surface area contributed by atoms with Crippen molar-refractivity contribution < 1.29 is 9.47 Å². The van der Waals surface area contributed by atoms with E-state index in [0.29, 0.717) is 0 Å². The van der Waals surface area contributed by atoms with Gasteiger partial charge in [0.05, 0.1) is 0 Å². The summed E-state index contributed by atoms with van der Waals surface area (Å²) in [6.45, 7) is 2.25. The zero-order chi connectivity index (χ0) is 14.9. The summed E-state index contributed by atoms with van der Waals surface area (Å²) in [6, 6.07) is 0. The molecule has 0 N–H and O–H groups in total. The first-order valence-electron chi connectivity index (χ1n) is 8.20. The van der Waals surface area contributed by atoms with Gasteiger partial charge in [-0.3, -0.25) is 0 Å². The van der Waals surface area contributed by atoms with Gasteiger partial charge in [0.1, 0.15) is 0 Å². The summed E-state index contributed by atoms with van der Waals surface area (Å²) < 4.78 is 10.3. The number of ether oxygens (including phenoxy) is 2. The number of allylic oxidation sites excluding steroid dienone is 4. The van der Waals surface area contributed by atoms with Gasteiger partial charge in [0.15, 0.2) is 6.29 Å². The van der Waals surface area contributed by atoms with Crippen LogP contribution in [-0.4, -0.2) is 20.5 Å². The van der Waals surface area contributed by atoms with Gasteiger partial charge in [0.25, 0.3) is 0 Å². The predicted molar refractivity (Wildman–Crippen MR) is 87.9 cm³/mol. The van der Waals surface area contributed by atoms with Gasteiger partial charge in [-0.05, 0) is 44.9 Å². The highest BCUT2D eigenvalue weighted by Gasteiger charge is 2.02. The maximum absolute atomic E-state index is 5.16. The third-order valence-electron chi connectivity index (χ3n) is 3.42. The SMILES string of the molecule is CCCCC/C=C\C/C=C\CCCCCC(OC)OC. The summed E-state index contributed by atoms with van der Waals surface area (Å²) >= 11 is 0. The molecule has 0 bridgehead atoms. The molecule has 2 heteroatoms. The van der Waals surface area contributed by atoms with Crippen molar-refractivity contribution >= 4 is 0 Å². The molecule has 0 aromatic heterocycles. The first-order chi connectivity index (χ1) is 9.85. The lowest BCUT2D eigenvalue weighted by molar-refractivity contribution is -0.107. The fraction of sp³-hybridized carbons (Fsp3) is 0.778. The van der Waals surface area contributed by atoms with Crippen LogP contribution in [0.3, 0.4) is 0 Å². The van der Waals surface area contributed by atoms with Crippen molar-refractivity contribution in [3.05, 3.63) is 24.3 Å². The topological polar surface area (TPSA) is 18.5 Å². The van der Waals surface area contributed by atoms with E-state index in [-0.39, 0.29) is 6.29 Å². The lowest BCUT2D eigenvalue weighted by Gasteiger charge is -2.12. The fourth-order valence-corrected chi connectivity index (χ4v) is 2.10. The molecule has 0 unspecified atom stereocenters. The highest BCUT2D eigenvalue weighted by molar-refractivity contribution is 4.92. The Kier molecular flexibility index (Phi) is 16.0. The zero-order valence-corrected chi connectivity index (χ0v) is 13.8. The molecule has 0 aliphatic carbocycles. The Morgan fingerprint density at radius 2 is 1.35 bits per heavy atom. The van der Waals surface area contributed by atoms with Crippen molar-refractivity contribution in [1.82, 2.24) is 0 Å². The van der Waals surface area contributed by atoms with Crippen molar-refractivity contribution in [1.29, 1.82) is 0 Å². The van der Waals surface area contributed by atoms with Crippen LogP contribution in [0.15, 0.2) is 24.3 Å². The number of unbranched alkanes of at least 4 members (excludes halogenated alkanes) is 6. The lowest BCUT2D eigenvalue weighted by Crippen LogP contribution is -2.12. The van der Waals surface area contributed by atoms with E-state index < -0.39 is 0 Å². The van der Waals surface area contributed by atoms with Crippen LogP contribution in [0.2, 0.25) is 0 Å². The third kappa shape index (κ3) is 13.8. The molecule has 0 saturated carbocycles. The van der Waals surface area contributed by atoms with Gasteiger partial charge in [0.2, 0.25) is 0 Å². The Hall–Kier alpha value is -0.600. The second kappa shape index (κ2) is 16.5. The van der Waals surface area contributed by atoms with Gasteiger partial charge >= 0.3 is 0 Å². The van der Waals surface area contributed by atoms with Crippen LogP contribution < -0.4 is 0 Å². The van der Waals surface area contributed by atoms with E-state index in [1.54, 1.807) is 14.2 Å². The van der Waals surface area contributed by atoms with Gasteiger partial charge in [-0.2, -0.15) is 0 Å². The van der Waals surface area contributed by atoms with E-state index >= 15 is 0 Å². The summed E-state index contributed by atoms with van der Waals surface area (Å²) in [5.74, 6) is 0. The van der Waals surface area contributed by atoms with E-state index in [1.165, 1.54) is 51.4 Å². The first kappa shape index (κ1) is 19.4. The second-order valence-corrected chi connectivity index (χ2v) is 5.21. The average molecular weight is 282 g/mol. The summed E-state index contributed by atoms with van der Waals surface area (Å²) in [7, 11) is 3.40. The Balaban J connectivity index is 3.27. The smallest absolute Gasteiger partial charge is 0.156 e. The summed E-state index contributed by atoms with van der Waals surface area (Å²) in [5, 5.41) is 0. The largest absolute Gasteiger partial charge is 0.356 e. The van der Waals surface area contributed by atoms with Crippen LogP contribution in [0.1, 0.15) is 71.1 Å². The van der Waals surface area contributed by atoms with Crippen molar-refractivity contribution in [2.75, 3.05) is 14.2 Å². The first-order valence-corrected chi connectivity index (χ1v) is 8.20. The van der Waals surface area contributed by atoms with Crippen LogP contribution in [0, 0.1) is 0 Å². The third-order valence-corrected chi connectivity index (χ3v) is 3.42.